The Balaban J connectivity index is 0.803. The fraction of sp³-hybridized carbons (Fsp3) is 0.480. The molecule has 0 saturated carbocycles. The fourth-order valence-electron chi connectivity index (χ4n) is 8.09. The maximum absolute atomic E-state index is 13.1. The highest BCUT2D eigenvalue weighted by Gasteiger charge is 2.28. The molecule has 1 aliphatic heterocycles. The molecule has 408 valence electrons. The van der Waals surface area contributed by atoms with Crippen molar-refractivity contribution in [2.45, 2.75) is 54.5 Å². The lowest BCUT2D eigenvalue weighted by molar-refractivity contribution is 0.0516. The number of ether oxygens (including phenoxy) is 4. The molecule has 0 bridgehead atoms. The Morgan fingerprint density at radius 3 is 1.70 bits per heavy atom. The van der Waals surface area contributed by atoms with Crippen LogP contribution in [0.1, 0.15) is 65.0 Å². The number of unbranched alkanes of at least 4 members (excludes halogenated alkanes) is 1. The number of nitrogens with zero attached hydrogens (tertiary/aromatic N) is 1. The molecule has 7 N–H and O–H groups in total. The summed E-state index contributed by atoms with van der Waals surface area (Å²) in [4.78, 5) is 26.6. The molecule has 0 saturated heterocycles. The summed E-state index contributed by atoms with van der Waals surface area (Å²) in [6.07, 6.45) is 1.30. The van der Waals surface area contributed by atoms with Gasteiger partial charge in [0.15, 0.2) is 0 Å². The Hall–Kier alpha value is -3.84. The summed E-state index contributed by atoms with van der Waals surface area (Å²) in [6.45, 7) is 7.29. The minimum Gasteiger partial charge on any atom is -0.378 e. The zero-order valence-electron chi connectivity index (χ0n) is 41.9. The molecule has 1 aliphatic rings. The van der Waals surface area contributed by atoms with Gasteiger partial charge in [-0.05, 0) is 109 Å². The molecule has 5 rings (SSSR count). The number of carbonyl (C=O) groups excluding carboxylic acids is 2. The molecule has 74 heavy (non-hydrogen) atoms. The highest BCUT2D eigenvalue weighted by Crippen LogP contribution is 2.39. The van der Waals surface area contributed by atoms with Crippen molar-refractivity contribution in [3.63, 3.8) is 0 Å². The number of hydrogen-bond donors (Lipinski definition) is 7. The normalized spacial score (nSPS) is 14.3. The van der Waals surface area contributed by atoms with Gasteiger partial charge in [-0.15, -0.1) is 0 Å². The Kier molecular flexibility index (Phi) is 25.9. The first-order valence-electron chi connectivity index (χ1n) is 24.3. The lowest BCUT2D eigenvalue weighted by Crippen LogP contribution is -2.39. The molecule has 0 spiro atoms. The van der Waals surface area contributed by atoms with E-state index in [0.717, 1.165) is 33.4 Å². The van der Waals surface area contributed by atoms with E-state index in [2.05, 4.69) is 40.9 Å². The highest BCUT2D eigenvalue weighted by atomic mass is 35.5. The van der Waals surface area contributed by atoms with Gasteiger partial charge in [0.2, 0.25) is 20.0 Å². The highest BCUT2D eigenvalue weighted by molar-refractivity contribution is 7.89. The lowest BCUT2D eigenvalue weighted by Gasteiger charge is -2.33. The number of nitrogens with one attached hydrogen (secondary N) is 7. The van der Waals surface area contributed by atoms with Crippen molar-refractivity contribution in [2.75, 3.05) is 113 Å². The first-order valence-corrected chi connectivity index (χ1v) is 28.8. The van der Waals surface area contributed by atoms with Gasteiger partial charge in [0.25, 0.3) is 0 Å². The van der Waals surface area contributed by atoms with Crippen LogP contribution in [0.2, 0.25) is 20.1 Å². The van der Waals surface area contributed by atoms with Crippen LogP contribution in [-0.4, -0.2) is 147 Å². The molecule has 4 aromatic carbocycles. The van der Waals surface area contributed by atoms with Crippen LogP contribution >= 0.6 is 46.4 Å². The number of urea groups is 2. The predicted molar refractivity (Wildman–Crippen MR) is 290 cm³/mol. The Labute approximate surface area is 455 Å². The Bertz CT molecular complexity index is 2680. The summed E-state index contributed by atoms with van der Waals surface area (Å²) < 4.78 is 79.6. The fourth-order valence-corrected chi connectivity index (χ4v) is 11.4. The maximum Gasteiger partial charge on any atom is 0.314 e. The number of halogens is 4. The third-order valence-corrected chi connectivity index (χ3v) is 15.8. The van der Waals surface area contributed by atoms with Crippen LogP contribution in [0.25, 0.3) is 0 Å². The second-order valence-corrected chi connectivity index (χ2v) is 22.6. The number of rotatable bonds is 32. The van der Waals surface area contributed by atoms with Crippen molar-refractivity contribution >= 4 is 78.5 Å². The number of amides is 4. The lowest BCUT2D eigenvalue weighted by atomic mass is 9.85. The summed E-state index contributed by atoms with van der Waals surface area (Å²) >= 11 is 25.6. The van der Waals surface area contributed by atoms with Gasteiger partial charge in [-0.25, -0.2) is 35.9 Å². The Morgan fingerprint density at radius 1 is 0.635 bits per heavy atom. The van der Waals surface area contributed by atoms with Gasteiger partial charge < -0.3 is 50.4 Å². The van der Waals surface area contributed by atoms with Crippen LogP contribution < -0.4 is 36.0 Å². The van der Waals surface area contributed by atoms with E-state index in [0.29, 0.717) is 65.7 Å². The van der Waals surface area contributed by atoms with Crippen LogP contribution in [0.5, 0.6) is 0 Å². The van der Waals surface area contributed by atoms with Crippen LogP contribution in [0.4, 0.5) is 9.59 Å². The van der Waals surface area contributed by atoms with Gasteiger partial charge in [-0.1, -0.05) is 77.6 Å². The SMILES string of the molecule is CNCc1c(Cl)cc(Cl)cc1C(C)c1cccc(S(=O)(=O)NCCOCCOCCNC(=O)NCCCCNC(=O)NCCOCCOCCNS(=O)(=O)c2cccc(C3CN(C)Cc4c(Cl)cc(Cl)cc43)c2)c1. The first-order chi connectivity index (χ1) is 35.5. The number of carbonyl (C=O) groups is 2. The minimum absolute atomic E-state index is 0.0702. The third-order valence-electron chi connectivity index (χ3n) is 11.8. The van der Waals surface area contributed by atoms with Gasteiger partial charge in [0.05, 0.1) is 62.6 Å². The van der Waals surface area contributed by atoms with E-state index in [4.69, 9.17) is 65.4 Å². The average molecular weight is 1150 g/mol. The summed E-state index contributed by atoms with van der Waals surface area (Å²) in [6, 6.07) is 20.2. The third kappa shape index (κ3) is 19.9. The molecular formula is C50H68Cl4N8O10S2. The quantitative estimate of drug-likeness (QED) is 0.0262. The Morgan fingerprint density at radius 2 is 1.14 bits per heavy atom. The predicted octanol–water partition coefficient (Wildman–Crippen LogP) is 6.45. The molecule has 0 radical (unpaired) electrons. The smallest absolute Gasteiger partial charge is 0.314 e. The second kappa shape index (κ2) is 31.4. The zero-order chi connectivity index (χ0) is 53.5. The molecule has 4 amide bonds. The van der Waals surface area contributed by atoms with Crippen molar-refractivity contribution < 1.29 is 45.4 Å². The van der Waals surface area contributed by atoms with Crippen molar-refractivity contribution in [3.8, 4) is 0 Å². The molecule has 0 aliphatic carbocycles. The number of benzene rings is 4. The van der Waals surface area contributed by atoms with Gasteiger partial charge >= 0.3 is 12.1 Å². The van der Waals surface area contributed by atoms with E-state index in [-0.39, 0.29) is 113 Å². The van der Waals surface area contributed by atoms with E-state index >= 15 is 0 Å². The van der Waals surface area contributed by atoms with E-state index in [1.54, 1.807) is 48.5 Å². The van der Waals surface area contributed by atoms with Crippen molar-refractivity contribution in [1.29, 1.82) is 0 Å². The summed E-state index contributed by atoms with van der Waals surface area (Å²) in [7, 11) is -3.77. The number of likely N-dealkylation sites (N-methyl/N-ethyl adjacent to an activating group) is 1. The molecule has 1 heterocycles. The number of sulfonamides is 2. The molecule has 2 unspecified atom stereocenters. The molecule has 4 aromatic rings. The molecule has 0 fully saturated rings. The summed E-state index contributed by atoms with van der Waals surface area (Å²) in [5, 5.41) is 16.2. The first kappa shape index (κ1) is 61.0. The standard InChI is InChI=1S/C50H68Cl4N8O10S2/c1-35(42-28-38(51)30-47(53)44(42)32-55-2)36-8-6-10-40(26-36)73(65,66)60-16-20-71-24-22-69-18-14-58-49(63)56-12-4-5-13-57-50(64)59-15-19-70-23-25-72-21-17-61-74(67,68)41-11-7-9-37(27-41)45-33-62(3)34-46-43(45)29-39(52)31-48(46)54/h6-11,26-31,35,45,55,60-61H,4-5,12-25,32-34H2,1-3H3,(H2,56,58,63)(H2,57,59,64). The molecule has 18 nitrogen and oxygen atoms in total. The monoisotopic (exact) mass is 1140 g/mol. The average Bonchev–Trinajstić information content (AvgIpc) is 3.36. The second-order valence-electron chi connectivity index (χ2n) is 17.4. The van der Waals surface area contributed by atoms with E-state index in [1.165, 1.54) is 0 Å². The molecular weight excluding hydrogens is 1080 g/mol. The molecule has 24 heteroatoms. The van der Waals surface area contributed by atoms with E-state index in [1.807, 2.05) is 45.3 Å². The minimum atomic E-state index is -3.80. The topological polar surface area (TPSA) is 227 Å². The van der Waals surface area contributed by atoms with Crippen LogP contribution in [-0.2, 0) is 52.1 Å². The van der Waals surface area contributed by atoms with Gasteiger partial charge in [-0.2, -0.15) is 0 Å². The van der Waals surface area contributed by atoms with E-state index < -0.39 is 20.0 Å². The maximum atomic E-state index is 13.1. The van der Waals surface area contributed by atoms with Gasteiger partial charge in [0, 0.05) is 90.8 Å². The molecule has 0 aromatic heterocycles. The number of hydrogen-bond acceptors (Lipinski definition) is 12. The zero-order valence-corrected chi connectivity index (χ0v) is 46.5. The summed E-state index contributed by atoms with van der Waals surface area (Å²) in [5.41, 5.74) is 5.44. The van der Waals surface area contributed by atoms with Crippen molar-refractivity contribution in [3.05, 3.63) is 126 Å². The molecule has 2 atom stereocenters. The van der Waals surface area contributed by atoms with E-state index in [9.17, 15) is 26.4 Å². The van der Waals surface area contributed by atoms with Crippen molar-refractivity contribution in [2.24, 2.45) is 0 Å². The van der Waals surface area contributed by atoms with Crippen LogP contribution in [0.15, 0.2) is 82.6 Å². The van der Waals surface area contributed by atoms with Gasteiger partial charge in [0.1, 0.15) is 0 Å². The van der Waals surface area contributed by atoms with Crippen LogP contribution in [0.3, 0.4) is 0 Å². The van der Waals surface area contributed by atoms with Crippen LogP contribution in [0, 0.1) is 0 Å². The van der Waals surface area contributed by atoms with Crippen molar-refractivity contribution in [1.82, 2.24) is 40.9 Å². The number of fused-ring (bicyclic) bond motifs is 1. The largest absolute Gasteiger partial charge is 0.378 e. The summed E-state index contributed by atoms with van der Waals surface area (Å²) in [5.74, 6) is -0.265. The van der Waals surface area contributed by atoms with Gasteiger partial charge in [-0.3, -0.25) is 0 Å².